The first-order valence-corrected chi connectivity index (χ1v) is 12.0. The van der Waals surface area contributed by atoms with Crippen molar-refractivity contribution in [3.8, 4) is 11.5 Å². The van der Waals surface area contributed by atoms with Gasteiger partial charge in [-0.3, -0.25) is 9.59 Å². The monoisotopic (exact) mass is 492 g/mol. The van der Waals surface area contributed by atoms with Gasteiger partial charge in [-0.15, -0.1) is 0 Å². The average molecular weight is 493 g/mol. The molecule has 2 amide bonds. The summed E-state index contributed by atoms with van der Waals surface area (Å²) in [4.78, 5) is 28.4. The number of methoxy groups -OCH3 is 1. The number of benzene rings is 3. The molecule has 0 bridgehead atoms. The van der Waals surface area contributed by atoms with Crippen LogP contribution in [0.4, 0.5) is 4.39 Å². The number of halogens is 1. The topological polar surface area (TPSA) is 67.9 Å². The smallest absolute Gasteiger partial charge is 0.261 e. The maximum absolute atomic E-state index is 14.1. The van der Waals surface area contributed by atoms with Crippen molar-refractivity contribution in [2.75, 3.05) is 20.3 Å². The standard InChI is InChI=1S/C29H33FN2O4/c1-21(2)18-31-29(34)26(17-22-10-5-4-6-11-22)32(19-23-12-9-13-24(16-23)35-3)28(33)20-36-27-15-8-7-14-25(27)30/h4-16,21,26H,17-20H2,1-3H3,(H,31,34)/t26-/m1/s1. The molecule has 0 heterocycles. The maximum atomic E-state index is 14.1. The van der Waals surface area contributed by atoms with Crippen LogP contribution in [-0.4, -0.2) is 43.0 Å². The highest BCUT2D eigenvalue weighted by atomic mass is 19.1. The zero-order valence-electron chi connectivity index (χ0n) is 20.9. The predicted octanol–water partition coefficient (Wildman–Crippen LogP) is 4.63. The lowest BCUT2D eigenvalue weighted by Gasteiger charge is -2.31. The number of amides is 2. The summed E-state index contributed by atoms with van der Waals surface area (Å²) in [6.07, 6.45) is 0.320. The number of nitrogens with zero attached hydrogens (tertiary/aromatic N) is 1. The molecule has 0 aliphatic carbocycles. The van der Waals surface area contributed by atoms with Gasteiger partial charge in [0.2, 0.25) is 5.91 Å². The van der Waals surface area contributed by atoms with E-state index < -0.39 is 24.4 Å². The van der Waals surface area contributed by atoms with Gasteiger partial charge in [0.05, 0.1) is 7.11 Å². The minimum Gasteiger partial charge on any atom is -0.497 e. The molecule has 3 rings (SSSR count). The fraction of sp³-hybridized carbons (Fsp3) is 0.310. The quantitative estimate of drug-likeness (QED) is 0.401. The molecule has 0 fully saturated rings. The molecule has 190 valence electrons. The number of para-hydroxylation sites is 1. The van der Waals surface area contributed by atoms with E-state index in [0.717, 1.165) is 11.1 Å². The molecule has 0 aromatic heterocycles. The number of carbonyl (C=O) groups excluding carboxylic acids is 2. The molecular formula is C29H33FN2O4. The van der Waals surface area contributed by atoms with Crippen LogP contribution in [0, 0.1) is 11.7 Å². The number of ether oxygens (including phenoxy) is 2. The SMILES string of the molecule is COc1cccc(CN(C(=O)COc2ccccc2F)[C@H](Cc2ccccc2)C(=O)NCC(C)C)c1. The van der Waals surface area contributed by atoms with E-state index in [1.165, 1.54) is 17.0 Å². The molecule has 1 N–H and O–H groups in total. The lowest BCUT2D eigenvalue weighted by Crippen LogP contribution is -2.52. The summed E-state index contributed by atoms with van der Waals surface area (Å²) < 4.78 is 24.9. The van der Waals surface area contributed by atoms with Crippen molar-refractivity contribution in [3.63, 3.8) is 0 Å². The average Bonchev–Trinajstić information content (AvgIpc) is 2.89. The van der Waals surface area contributed by atoms with Gasteiger partial charge in [-0.2, -0.15) is 0 Å². The number of rotatable bonds is 12. The molecule has 0 saturated heterocycles. The third-order valence-electron chi connectivity index (χ3n) is 5.63. The third-order valence-corrected chi connectivity index (χ3v) is 5.63. The van der Waals surface area contributed by atoms with Crippen molar-refractivity contribution in [3.05, 3.63) is 95.8 Å². The van der Waals surface area contributed by atoms with Gasteiger partial charge in [0, 0.05) is 19.5 Å². The van der Waals surface area contributed by atoms with Crippen LogP contribution < -0.4 is 14.8 Å². The van der Waals surface area contributed by atoms with Gasteiger partial charge >= 0.3 is 0 Å². The predicted molar refractivity (Wildman–Crippen MR) is 137 cm³/mol. The Kier molecular flexibility index (Phi) is 9.86. The van der Waals surface area contributed by atoms with Gasteiger partial charge in [0.25, 0.3) is 5.91 Å². The van der Waals surface area contributed by atoms with Gasteiger partial charge in [-0.1, -0.05) is 68.4 Å². The van der Waals surface area contributed by atoms with Crippen molar-refractivity contribution in [2.45, 2.75) is 32.9 Å². The Morgan fingerprint density at radius 1 is 0.944 bits per heavy atom. The highest BCUT2D eigenvalue weighted by molar-refractivity contribution is 5.88. The van der Waals surface area contributed by atoms with E-state index in [9.17, 15) is 14.0 Å². The number of hydrogen-bond acceptors (Lipinski definition) is 4. The third kappa shape index (κ3) is 7.83. The molecule has 6 nitrogen and oxygen atoms in total. The Labute approximate surface area is 212 Å². The van der Waals surface area contributed by atoms with E-state index in [-0.39, 0.29) is 24.1 Å². The highest BCUT2D eigenvalue weighted by Crippen LogP contribution is 2.20. The summed E-state index contributed by atoms with van der Waals surface area (Å²) >= 11 is 0. The summed E-state index contributed by atoms with van der Waals surface area (Å²) in [6, 6.07) is 22.0. The molecule has 0 aliphatic rings. The minimum atomic E-state index is -0.797. The molecule has 36 heavy (non-hydrogen) atoms. The summed E-state index contributed by atoms with van der Waals surface area (Å²) in [5, 5.41) is 2.97. The highest BCUT2D eigenvalue weighted by Gasteiger charge is 2.31. The molecule has 3 aromatic rings. The number of hydrogen-bond donors (Lipinski definition) is 1. The molecule has 0 spiro atoms. The Morgan fingerprint density at radius 3 is 2.33 bits per heavy atom. The zero-order valence-corrected chi connectivity index (χ0v) is 20.9. The number of nitrogens with one attached hydrogen (secondary N) is 1. The zero-order chi connectivity index (χ0) is 25.9. The van der Waals surface area contributed by atoms with Crippen molar-refractivity contribution < 1.29 is 23.5 Å². The van der Waals surface area contributed by atoms with Gasteiger partial charge in [-0.05, 0) is 41.3 Å². The van der Waals surface area contributed by atoms with Gasteiger partial charge in [-0.25, -0.2) is 4.39 Å². The Morgan fingerprint density at radius 2 is 1.64 bits per heavy atom. The van der Waals surface area contributed by atoms with E-state index in [0.29, 0.717) is 18.7 Å². The lowest BCUT2D eigenvalue weighted by molar-refractivity contribution is -0.142. The van der Waals surface area contributed by atoms with Crippen LogP contribution in [0.5, 0.6) is 11.5 Å². The van der Waals surface area contributed by atoms with E-state index in [1.54, 1.807) is 19.2 Å². The second kappa shape index (κ2) is 13.3. The minimum absolute atomic E-state index is 0.0175. The maximum Gasteiger partial charge on any atom is 0.261 e. The van der Waals surface area contributed by atoms with Crippen LogP contribution in [0.2, 0.25) is 0 Å². The van der Waals surface area contributed by atoms with Crippen LogP contribution in [0.15, 0.2) is 78.9 Å². The lowest BCUT2D eigenvalue weighted by atomic mass is 10.0. The largest absolute Gasteiger partial charge is 0.497 e. The summed E-state index contributed by atoms with van der Waals surface area (Å²) in [7, 11) is 1.57. The van der Waals surface area contributed by atoms with Crippen molar-refractivity contribution >= 4 is 11.8 Å². The van der Waals surface area contributed by atoms with Crippen LogP contribution in [0.1, 0.15) is 25.0 Å². The van der Waals surface area contributed by atoms with E-state index in [2.05, 4.69) is 5.32 Å². The van der Waals surface area contributed by atoms with Crippen molar-refractivity contribution in [2.24, 2.45) is 5.92 Å². The second-order valence-corrected chi connectivity index (χ2v) is 8.94. The molecule has 3 aromatic carbocycles. The van der Waals surface area contributed by atoms with Crippen molar-refractivity contribution in [1.29, 1.82) is 0 Å². The van der Waals surface area contributed by atoms with Gasteiger partial charge < -0.3 is 19.7 Å². The van der Waals surface area contributed by atoms with Crippen LogP contribution in [-0.2, 0) is 22.6 Å². The van der Waals surface area contributed by atoms with E-state index in [4.69, 9.17) is 9.47 Å². The summed E-state index contributed by atoms with van der Waals surface area (Å²) in [5.41, 5.74) is 1.71. The molecule has 0 saturated carbocycles. The first kappa shape index (κ1) is 26.7. The fourth-order valence-corrected chi connectivity index (χ4v) is 3.73. The van der Waals surface area contributed by atoms with Gasteiger partial charge in [0.1, 0.15) is 11.8 Å². The van der Waals surface area contributed by atoms with Crippen molar-refractivity contribution in [1.82, 2.24) is 10.2 Å². The van der Waals surface area contributed by atoms with Crippen LogP contribution in [0.3, 0.4) is 0 Å². The molecule has 0 radical (unpaired) electrons. The van der Waals surface area contributed by atoms with Crippen LogP contribution in [0.25, 0.3) is 0 Å². The number of carbonyl (C=O) groups is 2. The van der Waals surface area contributed by atoms with E-state index in [1.807, 2.05) is 68.4 Å². The first-order valence-electron chi connectivity index (χ1n) is 12.0. The molecule has 0 aliphatic heterocycles. The first-order chi connectivity index (χ1) is 17.4. The normalized spacial score (nSPS) is 11.6. The molecule has 7 heteroatoms. The second-order valence-electron chi connectivity index (χ2n) is 8.94. The molecular weight excluding hydrogens is 459 g/mol. The summed E-state index contributed by atoms with van der Waals surface area (Å²) in [5.74, 6) is -0.364. The Balaban J connectivity index is 1.92. The Bertz CT molecular complexity index is 1140. The van der Waals surface area contributed by atoms with Crippen LogP contribution >= 0.6 is 0 Å². The Hall–Kier alpha value is -3.87. The molecule has 1 atom stereocenters. The van der Waals surface area contributed by atoms with Gasteiger partial charge in [0.15, 0.2) is 18.2 Å². The fourth-order valence-electron chi connectivity index (χ4n) is 3.73. The summed E-state index contributed by atoms with van der Waals surface area (Å²) in [6.45, 7) is 4.25. The van der Waals surface area contributed by atoms with E-state index >= 15 is 0 Å². The molecule has 0 unspecified atom stereocenters.